The third-order valence-corrected chi connectivity index (χ3v) is 6.32. The van der Waals surface area contributed by atoms with Gasteiger partial charge in [-0.1, -0.05) is 11.5 Å². The maximum Gasteiger partial charge on any atom is 0.261 e. The molecule has 2 radical (unpaired) electrons. The van der Waals surface area contributed by atoms with Gasteiger partial charge in [0, 0.05) is 35.8 Å². The molecule has 3 N–H and O–H groups in total. The summed E-state index contributed by atoms with van der Waals surface area (Å²) in [6, 6.07) is 3.14. The zero-order valence-corrected chi connectivity index (χ0v) is 16.7. The standard InChI is InChI=1S/C20H18BF3N4OS/c21-13-9-26-28-5-1-2-15-12(19(13)28)7-16(30-15)20(29)27-11(8-25)6-10-3-4-14(22)18(24)17(10)23/h3-4,7,9,11H,1-2,5-6,8,25H2,(H,27,29)/t11-/m0/s1. The van der Waals surface area contributed by atoms with Crippen molar-refractivity contribution in [3.05, 3.63) is 57.2 Å². The largest absolute Gasteiger partial charge is 0.347 e. The summed E-state index contributed by atoms with van der Waals surface area (Å²) < 4.78 is 42.4. The van der Waals surface area contributed by atoms with Crippen LogP contribution < -0.4 is 16.5 Å². The molecule has 1 aliphatic heterocycles. The fourth-order valence-electron chi connectivity index (χ4n) is 3.62. The van der Waals surface area contributed by atoms with Crippen LogP contribution in [0.15, 0.2) is 24.4 Å². The van der Waals surface area contributed by atoms with E-state index in [4.69, 9.17) is 13.6 Å². The van der Waals surface area contributed by atoms with Gasteiger partial charge >= 0.3 is 0 Å². The third kappa shape index (κ3) is 3.77. The van der Waals surface area contributed by atoms with Crippen LogP contribution in [0.4, 0.5) is 13.2 Å². The Bertz CT molecular complexity index is 1110. The first-order valence-electron chi connectivity index (χ1n) is 9.46. The van der Waals surface area contributed by atoms with Crippen LogP contribution in [-0.4, -0.2) is 36.1 Å². The third-order valence-electron chi connectivity index (χ3n) is 5.13. The molecule has 30 heavy (non-hydrogen) atoms. The summed E-state index contributed by atoms with van der Waals surface area (Å²) >= 11 is 1.37. The maximum atomic E-state index is 14.0. The maximum absolute atomic E-state index is 14.0. The lowest BCUT2D eigenvalue weighted by Gasteiger charge is -2.17. The predicted octanol–water partition coefficient (Wildman–Crippen LogP) is 2.07. The molecule has 0 fully saturated rings. The van der Waals surface area contributed by atoms with Gasteiger partial charge in [-0.05, 0) is 37.0 Å². The van der Waals surface area contributed by atoms with Crippen molar-refractivity contribution in [2.45, 2.75) is 31.8 Å². The van der Waals surface area contributed by atoms with Crippen LogP contribution in [-0.2, 0) is 19.4 Å². The molecular formula is C20H18BF3N4OS. The molecule has 0 unspecified atom stereocenters. The van der Waals surface area contributed by atoms with Crippen LogP contribution in [0.3, 0.4) is 0 Å². The Hall–Kier alpha value is -2.59. The van der Waals surface area contributed by atoms with E-state index in [-0.39, 0.29) is 24.4 Å². The summed E-state index contributed by atoms with van der Waals surface area (Å²) in [5, 5.41) is 7.05. The van der Waals surface area contributed by atoms with E-state index >= 15 is 0 Å². The Morgan fingerprint density at radius 3 is 2.90 bits per heavy atom. The highest BCUT2D eigenvalue weighted by molar-refractivity contribution is 7.14. The molecular weight excluding hydrogens is 412 g/mol. The van der Waals surface area contributed by atoms with Crippen molar-refractivity contribution in [3.8, 4) is 11.3 Å². The number of amides is 1. The lowest BCUT2D eigenvalue weighted by atomic mass is 9.93. The number of halogens is 3. The predicted molar refractivity (Wildman–Crippen MR) is 110 cm³/mol. The molecule has 4 rings (SSSR count). The highest BCUT2D eigenvalue weighted by atomic mass is 32.1. The van der Waals surface area contributed by atoms with Crippen LogP contribution in [0.1, 0.15) is 26.5 Å². The first kappa shape index (κ1) is 20.7. The van der Waals surface area contributed by atoms with Gasteiger partial charge in [0.15, 0.2) is 17.5 Å². The van der Waals surface area contributed by atoms with Crippen molar-refractivity contribution < 1.29 is 18.0 Å². The van der Waals surface area contributed by atoms with Crippen molar-refractivity contribution in [2.75, 3.05) is 6.54 Å². The molecule has 0 aliphatic carbocycles. The molecule has 2 aromatic heterocycles. The number of thiophene rings is 1. The van der Waals surface area contributed by atoms with Crippen LogP contribution >= 0.6 is 11.3 Å². The van der Waals surface area contributed by atoms with E-state index in [1.807, 2.05) is 4.68 Å². The van der Waals surface area contributed by atoms with Gasteiger partial charge in [0.1, 0.15) is 7.85 Å². The number of aryl methyl sites for hydroxylation is 2. The van der Waals surface area contributed by atoms with Crippen molar-refractivity contribution in [3.63, 3.8) is 0 Å². The van der Waals surface area contributed by atoms with Crippen LogP contribution in [0.5, 0.6) is 0 Å². The summed E-state index contributed by atoms with van der Waals surface area (Å²) in [5.74, 6) is -4.43. The minimum Gasteiger partial charge on any atom is -0.347 e. The van der Waals surface area contributed by atoms with Gasteiger partial charge in [-0.2, -0.15) is 5.10 Å². The van der Waals surface area contributed by atoms with E-state index < -0.39 is 23.5 Å². The number of aromatic nitrogens is 2. The lowest BCUT2D eigenvalue weighted by Crippen LogP contribution is -2.41. The molecule has 154 valence electrons. The summed E-state index contributed by atoms with van der Waals surface area (Å²) in [4.78, 5) is 14.3. The Morgan fingerprint density at radius 2 is 2.13 bits per heavy atom. The number of benzene rings is 1. The summed E-state index contributed by atoms with van der Waals surface area (Å²) in [6.07, 6.45) is 3.22. The number of carbonyl (C=O) groups excluding carboxylic acids is 1. The average molecular weight is 430 g/mol. The van der Waals surface area contributed by atoms with Crippen molar-refractivity contribution in [1.29, 1.82) is 0 Å². The highest BCUT2D eigenvalue weighted by Gasteiger charge is 2.24. The summed E-state index contributed by atoms with van der Waals surface area (Å²) in [5.41, 5.74) is 7.91. The summed E-state index contributed by atoms with van der Waals surface area (Å²) in [7, 11) is 6.07. The number of nitrogens with zero attached hydrogens (tertiary/aromatic N) is 2. The number of hydrogen-bond donors (Lipinski definition) is 2. The van der Waals surface area contributed by atoms with Gasteiger partial charge in [-0.3, -0.25) is 9.48 Å². The second-order valence-corrected chi connectivity index (χ2v) is 8.30. The van der Waals surface area contributed by atoms with Gasteiger partial charge in [0.2, 0.25) is 0 Å². The number of carbonyl (C=O) groups is 1. The average Bonchev–Trinajstić information content (AvgIpc) is 3.26. The molecule has 1 atom stereocenters. The van der Waals surface area contributed by atoms with Crippen molar-refractivity contribution in [2.24, 2.45) is 5.73 Å². The normalized spacial score (nSPS) is 14.0. The minimum absolute atomic E-state index is 0.00891. The van der Waals surface area contributed by atoms with E-state index in [2.05, 4.69) is 10.4 Å². The second-order valence-electron chi connectivity index (χ2n) is 7.17. The minimum atomic E-state index is -1.54. The monoisotopic (exact) mass is 430 g/mol. The molecule has 1 amide bonds. The quantitative estimate of drug-likeness (QED) is 0.481. The van der Waals surface area contributed by atoms with E-state index in [1.54, 1.807) is 12.3 Å². The molecule has 1 aliphatic rings. The van der Waals surface area contributed by atoms with Crippen molar-refractivity contribution in [1.82, 2.24) is 15.1 Å². The molecule has 10 heteroatoms. The van der Waals surface area contributed by atoms with Gasteiger partial charge in [0.05, 0.1) is 10.6 Å². The van der Waals surface area contributed by atoms with E-state index in [0.717, 1.165) is 47.7 Å². The number of nitrogens with two attached hydrogens (primary N) is 1. The molecule has 3 aromatic rings. The zero-order chi connectivity index (χ0) is 21.4. The van der Waals surface area contributed by atoms with Crippen molar-refractivity contribution >= 4 is 30.6 Å². The Kier molecular flexibility index (Phi) is 5.70. The fraction of sp³-hybridized carbons (Fsp3) is 0.300. The molecule has 0 bridgehead atoms. The van der Waals surface area contributed by atoms with Crippen LogP contribution in [0, 0.1) is 17.5 Å². The van der Waals surface area contributed by atoms with Gasteiger partial charge in [-0.15, -0.1) is 11.3 Å². The molecule has 0 spiro atoms. The van der Waals surface area contributed by atoms with Gasteiger partial charge in [0.25, 0.3) is 5.91 Å². The number of hydrogen-bond acceptors (Lipinski definition) is 4. The highest BCUT2D eigenvalue weighted by Crippen LogP contribution is 2.34. The van der Waals surface area contributed by atoms with Gasteiger partial charge < -0.3 is 11.1 Å². The second kappa shape index (κ2) is 8.27. The number of fused-ring (bicyclic) bond motifs is 3. The number of rotatable bonds is 5. The molecule has 1 aromatic carbocycles. The lowest BCUT2D eigenvalue weighted by molar-refractivity contribution is 0.0942. The Balaban J connectivity index is 1.55. The molecule has 5 nitrogen and oxygen atoms in total. The molecule has 0 saturated carbocycles. The molecule has 3 heterocycles. The topological polar surface area (TPSA) is 72.9 Å². The smallest absolute Gasteiger partial charge is 0.261 e. The fourth-order valence-corrected chi connectivity index (χ4v) is 4.72. The first-order chi connectivity index (χ1) is 14.4. The number of nitrogens with one attached hydrogen (secondary N) is 1. The molecule has 0 saturated heterocycles. The zero-order valence-electron chi connectivity index (χ0n) is 15.9. The van der Waals surface area contributed by atoms with E-state index in [1.165, 1.54) is 11.3 Å². The van der Waals surface area contributed by atoms with Crippen LogP contribution in [0.25, 0.3) is 11.3 Å². The first-order valence-corrected chi connectivity index (χ1v) is 10.3. The van der Waals surface area contributed by atoms with E-state index in [9.17, 15) is 18.0 Å². The summed E-state index contributed by atoms with van der Waals surface area (Å²) in [6.45, 7) is 0.763. The Morgan fingerprint density at radius 1 is 1.33 bits per heavy atom. The van der Waals surface area contributed by atoms with Gasteiger partial charge in [-0.25, -0.2) is 13.2 Å². The Labute approximate surface area is 176 Å². The SMILES string of the molecule is [B]c1cnn2c1-c1cc(C(=O)N[C@H](CN)Cc3ccc(F)c(F)c3F)sc1CCC2. The van der Waals surface area contributed by atoms with E-state index in [0.29, 0.717) is 10.3 Å². The van der Waals surface area contributed by atoms with Crippen LogP contribution in [0.2, 0.25) is 0 Å².